The van der Waals surface area contributed by atoms with Crippen LogP contribution >= 0.6 is 0 Å². The summed E-state index contributed by atoms with van der Waals surface area (Å²) in [5.41, 5.74) is 3.72. The van der Waals surface area contributed by atoms with Crippen LogP contribution in [-0.2, 0) is 14.8 Å². The maximum Gasteiger partial charge on any atom is 0.214 e. The molecule has 0 saturated carbocycles. The van der Waals surface area contributed by atoms with Gasteiger partial charge >= 0.3 is 0 Å². The third kappa shape index (κ3) is 4.46. The van der Waals surface area contributed by atoms with Crippen LogP contribution in [0.4, 0.5) is 0 Å². The molecule has 2 aromatic carbocycles. The van der Waals surface area contributed by atoms with Crippen molar-refractivity contribution in [2.45, 2.75) is 38.0 Å². The summed E-state index contributed by atoms with van der Waals surface area (Å²) in [6.45, 7) is 5.75. The molecule has 0 bridgehead atoms. The second kappa shape index (κ2) is 7.92. The fourth-order valence-electron chi connectivity index (χ4n) is 3.19. The number of nitrogens with one attached hydrogen (secondary N) is 1. The Bertz CT molecular complexity index is 919. The van der Waals surface area contributed by atoms with Crippen molar-refractivity contribution in [1.82, 2.24) is 4.72 Å². The molecule has 2 atom stereocenters. The van der Waals surface area contributed by atoms with Gasteiger partial charge < -0.3 is 4.74 Å². The minimum atomic E-state index is -3.35. The topological polar surface area (TPSA) is 72.5 Å². The average molecular weight is 388 g/mol. The van der Waals surface area contributed by atoms with Gasteiger partial charge in [-0.1, -0.05) is 42.5 Å². The summed E-state index contributed by atoms with van der Waals surface area (Å²) in [4.78, 5) is 11.6. The van der Waals surface area contributed by atoms with E-state index in [0.29, 0.717) is 18.8 Å². The lowest BCUT2D eigenvalue weighted by atomic mass is 9.93. The lowest BCUT2D eigenvalue weighted by Crippen LogP contribution is -2.42. The van der Waals surface area contributed by atoms with Gasteiger partial charge in [-0.2, -0.15) is 0 Å². The van der Waals surface area contributed by atoms with E-state index in [4.69, 9.17) is 4.74 Å². The number of hydrogen-bond donors (Lipinski definition) is 1. The lowest BCUT2D eigenvalue weighted by Gasteiger charge is -2.21. The SMILES string of the molecule is CC(=O)c1cccc(-c2ccc(C3COCC3NS(=O)(=O)C(C)C)cc2)c1. The Kier molecular flexibility index (Phi) is 5.79. The Morgan fingerprint density at radius 1 is 1.07 bits per heavy atom. The number of ketones is 1. The number of carbonyl (C=O) groups excluding carboxylic acids is 1. The first-order valence-corrected chi connectivity index (χ1v) is 10.6. The molecule has 6 heteroatoms. The van der Waals surface area contributed by atoms with Crippen molar-refractivity contribution in [1.29, 1.82) is 0 Å². The second-order valence-corrected chi connectivity index (χ2v) is 9.49. The number of hydrogen-bond acceptors (Lipinski definition) is 4. The van der Waals surface area contributed by atoms with Crippen molar-refractivity contribution in [3.63, 3.8) is 0 Å². The maximum absolute atomic E-state index is 12.2. The minimum absolute atomic E-state index is 0.0175. The number of rotatable bonds is 6. The van der Waals surface area contributed by atoms with Crippen LogP contribution in [0.25, 0.3) is 11.1 Å². The number of benzene rings is 2. The van der Waals surface area contributed by atoms with E-state index in [0.717, 1.165) is 16.7 Å². The highest BCUT2D eigenvalue weighted by atomic mass is 32.2. The summed E-state index contributed by atoms with van der Waals surface area (Å²) in [5.74, 6) is 0.0213. The molecule has 1 aliphatic heterocycles. The van der Waals surface area contributed by atoms with Crippen molar-refractivity contribution in [3.8, 4) is 11.1 Å². The summed E-state index contributed by atoms with van der Waals surface area (Å²) >= 11 is 0. The van der Waals surface area contributed by atoms with Crippen molar-refractivity contribution in [2.75, 3.05) is 13.2 Å². The van der Waals surface area contributed by atoms with Gasteiger partial charge in [-0.25, -0.2) is 13.1 Å². The Hall–Kier alpha value is -2.02. The maximum atomic E-state index is 12.2. The standard InChI is InChI=1S/C21H25NO4S/c1-14(2)27(24,25)22-21-13-26-12-20(21)17-9-7-16(8-10-17)19-6-4-5-18(11-19)15(3)23/h4-11,14,20-22H,12-13H2,1-3H3. The van der Waals surface area contributed by atoms with Crippen LogP contribution in [0.3, 0.4) is 0 Å². The Morgan fingerprint density at radius 3 is 2.41 bits per heavy atom. The highest BCUT2D eigenvalue weighted by molar-refractivity contribution is 7.90. The van der Waals surface area contributed by atoms with Gasteiger partial charge in [0.2, 0.25) is 10.0 Å². The molecule has 1 aliphatic rings. The molecule has 1 fully saturated rings. The quantitative estimate of drug-likeness (QED) is 0.772. The summed E-state index contributed by atoms with van der Waals surface area (Å²) in [6, 6.07) is 15.3. The third-order valence-corrected chi connectivity index (χ3v) is 6.83. The normalized spacial score (nSPS) is 20.1. The fourth-order valence-corrected chi connectivity index (χ4v) is 4.11. The van der Waals surface area contributed by atoms with Gasteiger partial charge in [0.25, 0.3) is 0 Å². The van der Waals surface area contributed by atoms with Crippen LogP contribution in [0.5, 0.6) is 0 Å². The molecule has 27 heavy (non-hydrogen) atoms. The van der Waals surface area contributed by atoms with Gasteiger partial charge in [0, 0.05) is 11.5 Å². The van der Waals surface area contributed by atoms with E-state index in [-0.39, 0.29) is 17.7 Å². The summed E-state index contributed by atoms with van der Waals surface area (Å²) in [5, 5.41) is -0.477. The van der Waals surface area contributed by atoms with E-state index in [1.165, 1.54) is 0 Å². The van der Waals surface area contributed by atoms with E-state index in [2.05, 4.69) is 4.72 Å². The largest absolute Gasteiger partial charge is 0.379 e. The molecule has 1 heterocycles. The van der Waals surface area contributed by atoms with Crippen molar-refractivity contribution < 1.29 is 17.9 Å². The molecular weight excluding hydrogens is 362 g/mol. The second-order valence-electron chi connectivity index (χ2n) is 7.22. The van der Waals surface area contributed by atoms with E-state index < -0.39 is 15.3 Å². The highest BCUT2D eigenvalue weighted by Gasteiger charge is 2.33. The smallest absolute Gasteiger partial charge is 0.214 e. The lowest BCUT2D eigenvalue weighted by molar-refractivity contribution is 0.101. The van der Waals surface area contributed by atoms with E-state index in [1.807, 2.05) is 48.5 Å². The molecule has 0 spiro atoms. The zero-order chi connectivity index (χ0) is 19.6. The summed E-state index contributed by atoms with van der Waals surface area (Å²) in [7, 11) is -3.35. The number of ether oxygens (including phenoxy) is 1. The predicted octanol–water partition coefficient (Wildman–Crippen LogP) is 3.37. The molecule has 5 nitrogen and oxygen atoms in total. The molecular formula is C21H25NO4S. The highest BCUT2D eigenvalue weighted by Crippen LogP contribution is 2.29. The van der Waals surface area contributed by atoms with Gasteiger partial charge in [-0.3, -0.25) is 4.79 Å². The number of sulfonamides is 1. The van der Waals surface area contributed by atoms with Crippen LogP contribution in [0.2, 0.25) is 0 Å². The Balaban J connectivity index is 1.80. The molecule has 1 N–H and O–H groups in total. The molecule has 0 aliphatic carbocycles. The Labute approximate surface area is 160 Å². The van der Waals surface area contributed by atoms with Crippen LogP contribution in [0.15, 0.2) is 48.5 Å². The van der Waals surface area contributed by atoms with Crippen molar-refractivity contribution in [2.24, 2.45) is 0 Å². The summed E-state index contributed by atoms with van der Waals surface area (Å²) < 4.78 is 32.7. The zero-order valence-electron chi connectivity index (χ0n) is 15.8. The molecule has 1 saturated heterocycles. The van der Waals surface area contributed by atoms with Gasteiger partial charge in [-0.15, -0.1) is 0 Å². The summed E-state index contributed by atoms with van der Waals surface area (Å²) in [6.07, 6.45) is 0. The van der Waals surface area contributed by atoms with Gasteiger partial charge in [0.1, 0.15) is 0 Å². The zero-order valence-corrected chi connectivity index (χ0v) is 16.6. The van der Waals surface area contributed by atoms with Crippen LogP contribution in [-0.4, -0.2) is 38.7 Å². The van der Waals surface area contributed by atoms with Crippen molar-refractivity contribution in [3.05, 3.63) is 59.7 Å². The minimum Gasteiger partial charge on any atom is -0.379 e. The molecule has 0 radical (unpaired) electrons. The first kappa shape index (κ1) is 19.7. The fraction of sp³-hybridized carbons (Fsp3) is 0.381. The van der Waals surface area contributed by atoms with E-state index in [9.17, 15) is 13.2 Å². The number of Topliss-reactive ketones (excluding diaryl/α,β-unsaturated/α-hetero) is 1. The van der Waals surface area contributed by atoms with Gasteiger partial charge in [-0.05, 0) is 43.5 Å². The van der Waals surface area contributed by atoms with Gasteiger partial charge in [0.15, 0.2) is 5.78 Å². The molecule has 144 valence electrons. The van der Waals surface area contributed by atoms with Gasteiger partial charge in [0.05, 0.1) is 24.5 Å². The molecule has 0 amide bonds. The predicted molar refractivity (Wildman–Crippen MR) is 106 cm³/mol. The first-order chi connectivity index (χ1) is 12.8. The van der Waals surface area contributed by atoms with Crippen LogP contribution in [0.1, 0.15) is 42.6 Å². The Morgan fingerprint density at radius 2 is 1.78 bits per heavy atom. The molecule has 3 rings (SSSR count). The average Bonchev–Trinajstić information content (AvgIpc) is 3.09. The van der Waals surface area contributed by atoms with E-state index in [1.54, 1.807) is 20.8 Å². The first-order valence-electron chi connectivity index (χ1n) is 9.08. The molecule has 0 aromatic heterocycles. The number of carbonyl (C=O) groups is 1. The third-order valence-electron chi connectivity index (χ3n) is 4.96. The van der Waals surface area contributed by atoms with E-state index >= 15 is 0 Å². The van der Waals surface area contributed by atoms with Crippen molar-refractivity contribution >= 4 is 15.8 Å². The molecule has 2 unspecified atom stereocenters. The monoisotopic (exact) mass is 387 g/mol. The van der Waals surface area contributed by atoms with Crippen LogP contribution in [0, 0.1) is 0 Å². The molecule has 2 aromatic rings. The van der Waals surface area contributed by atoms with Crippen LogP contribution < -0.4 is 4.72 Å².